The van der Waals surface area contributed by atoms with Crippen LogP contribution in [0, 0.1) is 5.92 Å². The number of hydrogen-bond donors (Lipinski definition) is 2. The number of hydrogen-bond acceptors (Lipinski definition) is 4. The molecule has 0 aliphatic rings. The van der Waals surface area contributed by atoms with E-state index in [0.29, 0.717) is 0 Å². The quantitative estimate of drug-likeness (QED) is 0.635. The topological polar surface area (TPSA) is 109 Å². The Bertz CT molecular complexity index is 301. The summed E-state index contributed by atoms with van der Waals surface area (Å²) in [5.74, 6) is -3.66. The molecule has 2 N–H and O–H groups in total. The lowest BCUT2D eigenvalue weighted by Crippen LogP contribution is -2.21. The fraction of sp³-hybridized carbons (Fsp3) is 0.714. The monoisotopic (exact) mass is 224 g/mol. The van der Waals surface area contributed by atoms with Gasteiger partial charge in [0.05, 0.1) is 5.75 Å². The van der Waals surface area contributed by atoms with Gasteiger partial charge < -0.3 is 10.2 Å². The Kier molecular flexibility index (Phi) is 4.55. The number of carboxylic acid groups (broad SMARTS) is 2. The predicted octanol–water partition coefficient (Wildman–Crippen LogP) is -0.403. The van der Waals surface area contributed by atoms with Crippen molar-refractivity contribution in [1.82, 2.24) is 0 Å². The van der Waals surface area contributed by atoms with Gasteiger partial charge in [0, 0.05) is 19.1 Å². The van der Waals surface area contributed by atoms with E-state index < -0.39 is 46.3 Å². The summed E-state index contributed by atoms with van der Waals surface area (Å²) in [6.45, 7) is 0. The lowest BCUT2D eigenvalue weighted by Gasteiger charge is -2.10. The Morgan fingerprint density at radius 3 is 1.71 bits per heavy atom. The molecule has 0 atom stereocenters. The Morgan fingerprint density at radius 2 is 1.50 bits per heavy atom. The molecule has 0 aliphatic carbocycles. The van der Waals surface area contributed by atoms with Crippen molar-refractivity contribution in [1.29, 1.82) is 0 Å². The maximum absolute atomic E-state index is 10.8. The average molecular weight is 224 g/mol. The molecule has 0 aromatic carbocycles. The molecule has 0 amide bonds. The van der Waals surface area contributed by atoms with Crippen LogP contribution in [0.25, 0.3) is 0 Å². The molecule has 0 aromatic heterocycles. The first-order valence-electron chi connectivity index (χ1n) is 3.82. The Balaban J connectivity index is 4.40. The maximum Gasteiger partial charge on any atom is 0.303 e. The van der Waals surface area contributed by atoms with Gasteiger partial charge in [0.15, 0.2) is 0 Å². The first kappa shape index (κ1) is 12.9. The molecule has 14 heavy (non-hydrogen) atoms. The van der Waals surface area contributed by atoms with Crippen molar-refractivity contribution in [3.63, 3.8) is 0 Å². The Hall–Kier alpha value is -1.11. The minimum atomic E-state index is -3.34. The van der Waals surface area contributed by atoms with Crippen LogP contribution in [-0.4, -0.2) is 42.6 Å². The first-order valence-corrected chi connectivity index (χ1v) is 5.88. The van der Waals surface area contributed by atoms with Gasteiger partial charge in [-0.05, 0) is 5.92 Å². The molecule has 0 fully saturated rings. The molecule has 0 bridgehead atoms. The fourth-order valence-corrected chi connectivity index (χ4v) is 2.20. The Labute approximate surface area is 81.5 Å². The summed E-state index contributed by atoms with van der Waals surface area (Å²) in [6, 6.07) is 0. The molecule has 0 aliphatic heterocycles. The molecule has 0 saturated heterocycles. The molecule has 0 unspecified atom stereocenters. The van der Waals surface area contributed by atoms with E-state index in [-0.39, 0.29) is 0 Å². The molecular weight excluding hydrogens is 212 g/mol. The normalized spacial score (nSPS) is 11.6. The second-order valence-electron chi connectivity index (χ2n) is 3.15. The molecular formula is C7H12O6S. The number of carbonyl (C=O) groups is 2. The molecule has 7 heteroatoms. The number of carboxylic acids is 2. The summed E-state index contributed by atoms with van der Waals surface area (Å²) in [5, 5.41) is 16.8. The third-order valence-corrected chi connectivity index (χ3v) is 2.54. The number of aliphatic carboxylic acids is 2. The van der Waals surface area contributed by atoms with Crippen molar-refractivity contribution in [3.05, 3.63) is 0 Å². The van der Waals surface area contributed by atoms with Crippen LogP contribution in [-0.2, 0) is 19.4 Å². The van der Waals surface area contributed by atoms with Crippen molar-refractivity contribution < 1.29 is 28.2 Å². The third kappa shape index (κ3) is 7.53. The summed E-state index contributed by atoms with van der Waals surface area (Å²) < 4.78 is 21.6. The molecule has 0 radical (unpaired) electrons. The van der Waals surface area contributed by atoms with Crippen LogP contribution in [0.15, 0.2) is 0 Å². The van der Waals surface area contributed by atoms with Gasteiger partial charge in [0.25, 0.3) is 0 Å². The van der Waals surface area contributed by atoms with Crippen molar-refractivity contribution in [2.75, 3.05) is 12.0 Å². The van der Waals surface area contributed by atoms with Gasteiger partial charge >= 0.3 is 11.9 Å². The highest BCUT2D eigenvalue weighted by Gasteiger charge is 2.21. The second-order valence-corrected chi connectivity index (χ2v) is 5.34. The van der Waals surface area contributed by atoms with E-state index in [1.165, 1.54) is 0 Å². The highest BCUT2D eigenvalue weighted by atomic mass is 32.2. The smallest absolute Gasteiger partial charge is 0.303 e. The third-order valence-electron chi connectivity index (χ3n) is 1.47. The first-order chi connectivity index (χ1) is 6.20. The SMILES string of the molecule is CS(=O)(=O)CC(CC(=O)O)CC(=O)O. The summed E-state index contributed by atoms with van der Waals surface area (Å²) in [4.78, 5) is 20.6. The summed E-state index contributed by atoms with van der Waals surface area (Å²) >= 11 is 0. The minimum absolute atomic E-state index is 0.411. The van der Waals surface area contributed by atoms with E-state index in [1.54, 1.807) is 0 Å². The number of rotatable bonds is 6. The summed E-state index contributed by atoms with van der Waals surface area (Å²) in [5.41, 5.74) is 0. The van der Waals surface area contributed by atoms with Crippen molar-refractivity contribution in [2.24, 2.45) is 5.92 Å². The molecule has 0 heterocycles. The van der Waals surface area contributed by atoms with Gasteiger partial charge in [-0.1, -0.05) is 0 Å². The van der Waals surface area contributed by atoms with E-state index in [4.69, 9.17) is 10.2 Å². The average Bonchev–Trinajstić information content (AvgIpc) is 1.77. The number of sulfone groups is 1. The second kappa shape index (κ2) is 4.94. The molecule has 6 nitrogen and oxygen atoms in total. The standard InChI is InChI=1S/C7H12O6S/c1-14(12,13)4-5(2-6(8)9)3-7(10)11/h5H,2-4H2,1H3,(H,8,9)(H,10,11). The molecule has 0 spiro atoms. The summed E-state index contributed by atoms with van der Waals surface area (Å²) in [7, 11) is -3.34. The van der Waals surface area contributed by atoms with Crippen LogP contribution < -0.4 is 0 Å². The van der Waals surface area contributed by atoms with Gasteiger partial charge in [0.2, 0.25) is 0 Å². The van der Waals surface area contributed by atoms with Gasteiger partial charge in [-0.2, -0.15) is 0 Å². The molecule has 82 valence electrons. The highest BCUT2D eigenvalue weighted by molar-refractivity contribution is 7.90. The zero-order chi connectivity index (χ0) is 11.4. The van der Waals surface area contributed by atoms with Gasteiger partial charge in [-0.3, -0.25) is 9.59 Å². The van der Waals surface area contributed by atoms with E-state index >= 15 is 0 Å². The molecule has 0 saturated carbocycles. The van der Waals surface area contributed by atoms with E-state index in [2.05, 4.69) is 0 Å². The van der Waals surface area contributed by atoms with Crippen LogP contribution in [0.1, 0.15) is 12.8 Å². The van der Waals surface area contributed by atoms with Crippen molar-refractivity contribution in [2.45, 2.75) is 12.8 Å². The predicted molar refractivity (Wildman–Crippen MR) is 47.7 cm³/mol. The van der Waals surface area contributed by atoms with Gasteiger partial charge in [0.1, 0.15) is 9.84 Å². The van der Waals surface area contributed by atoms with Crippen LogP contribution >= 0.6 is 0 Å². The van der Waals surface area contributed by atoms with E-state index in [9.17, 15) is 18.0 Å². The van der Waals surface area contributed by atoms with Gasteiger partial charge in [-0.25, -0.2) is 8.42 Å². The largest absolute Gasteiger partial charge is 0.481 e. The minimum Gasteiger partial charge on any atom is -0.481 e. The summed E-state index contributed by atoms with van der Waals surface area (Å²) in [6.07, 6.45) is 0.0580. The van der Waals surface area contributed by atoms with Crippen molar-refractivity contribution >= 4 is 21.8 Å². The van der Waals surface area contributed by atoms with Gasteiger partial charge in [-0.15, -0.1) is 0 Å². The van der Waals surface area contributed by atoms with Crippen LogP contribution in [0.3, 0.4) is 0 Å². The maximum atomic E-state index is 10.8. The Morgan fingerprint density at radius 1 is 1.14 bits per heavy atom. The van der Waals surface area contributed by atoms with Crippen LogP contribution in [0.2, 0.25) is 0 Å². The molecule has 0 aromatic rings. The van der Waals surface area contributed by atoms with Crippen LogP contribution in [0.5, 0.6) is 0 Å². The molecule has 0 rings (SSSR count). The fourth-order valence-electron chi connectivity index (χ4n) is 1.11. The lowest BCUT2D eigenvalue weighted by atomic mass is 10.0. The zero-order valence-corrected chi connectivity index (χ0v) is 8.45. The lowest BCUT2D eigenvalue weighted by molar-refractivity contribution is -0.140. The van der Waals surface area contributed by atoms with E-state index in [0.717, 1.165) is 6.26 Å². The zero-order valence-electron chi connectivity index (χ0n) is 7.63. The van der Waals surface area contributed by atoms with Crippen LogP contribution in [0.4, 0.5) is 0 Å². The van der Waals surface area contributed by atoms with Crippen molar-refractivity contribution in [3.8, 4) is 0 Å². The highest BCUT2D eigenvalue weighted by Crippen LogP contribution is 2.11. The van der Waals surface area contributed by atoms with E-state index in [1.807, 2.05) is 0 Å².